The van der Waals surface area contributed by atoms with Crippen LogP contribution in [0.3, 0.4) is 0 Å². The second-order valence-electron chi connectivity index (χ2n) is 5.31. The molecule has 0 spiro atoms. The molecule has 0 bridgehead atoms. The van der Waals surface area contributed by atoms with Crippen molar-refractivity contribution in [2.75, 3.05) is 19.7 Å². The SMILES string of the molecule is CCc1noc(C)c1C(=O)N1CCOC(c2ccncc2)C1. The number of carbonyl (C=O) groups excluding carboxylic acids is 1. The number of ether oxygens (including phenoxy) is 1. The van der Waals surface area contributed by atoms with Crippen LogP contribution < -0.4 is 0 Å². The lowest BCUT2D eigenvalue weighted by molar-refractivity contribution is -0.0229. The average molecular weight is 301 g/mol. The molecule has 6 heteroatoms. The molecule has 2 aromatic heterocycles. The van der Waals surface area contributed by atoms with Gasteiger partial charge in [0.05, 0.1) is 18.8 Å². The smallest absolute Gasteiger partial charge is 0.259 e. The summed E-state index contributed by atoms with van der Waals surface area (Å²) in [6.07, 6.45) is 4.03. The molecule has 0 N–H and O–H groups in total. The Morgan fingerprint density at radius 1 is 1.41 bits per heavy atom. The van der Waals surface area contributed by atoms with Crippen molar-refractivity contribution in [2.45, 2.75) is 26.4 Å². The summed E-state index contributed by atoms with van der Waals surface area (Å²) in [5.41, 5.74) is 2.34. The van der Waals surface area contributed by atoms with E-state index in [1.165, 1.54) is 0 Å². The zero-order valence-electron chi connectivity index (χ0n) is 12.8. The Balaban J connectivity index is 1.80. The summed E-state index contributed by atoms with van der Waals surface area (Å²) in [6, 6.07) is 3.83. The number of hydrogen-bond donors (Lipinski definition) is 0. The molecule has 22 heavy (non-hydrogen) atoms. The Hall–Kier alpha value is -2.21. The van der Waals surface area contributed by atoms with Gasteiger partial charge in [-0.15, -0.1) is 0 Å². The van der Waals surface area contributed by atoms with Gasteiger partial charge in [-0.25, -0.2) is 0 Å². The summed E-state index contributed by atoms with van der Waals surface area (Å²) in [6.45, 7) is 5.36. The van der Waals surface area contributed by atoms with Crippen LogP contribution in [0.25, 0.3) is 0 Å². The Bertz CT molecular complexity index is 654. The molecule has 0 aliphatic carbocycles. The molecule has 0 radical (unpaired) electrons. The number of amides is 1. The fraction of sp³-hybridized carbons (Fsp3) is 0.438. The van der Waals surface area contributed by atoms with Gasteiger partial charge in [0.1, 0.15) is 17.4 Å². The van der Waals surface area contributed by atoms with E-state index in [1.807, 2.05) is 24.0 Å². The molecule has 1 amide bonds. The van der Waals surface area contributed by atoms with Crippen molar-refractivity contribution >= 4 is 5.91 Å². The van der Waals surface area contributed by atoms with Crippen molar-refractivity contribution in [1.29, 1.82) is 0 Å². The molecular formula is C16H19N3O3. The second-order valence-corrected chi connectivity index (χ2v) is 5.31. The van der Waals surface area contributed by atoms with Crippen LogP contribution in [-0.4, -0.2) is 40.6 Å². The number of aryl methyl sites for hydroxylation is 2. The van der Waals surface area contributed by atoms with Gasteiger partial charge in [-0.05, 0) is 31.0 Å². The molecule has 3 rings (SSSR count). The maximum atomic E-state index is 12.8. The minimum Gasteiger partial charge on any atom is -0.370 e. The molecular weight excluding hydrogens is 282 g/mol. The first kappa shape index (κ1) is 14.7. The molecule has 3 heterocycles. The van der Waals surface area contributed by atoms with E-state index in [1.54, 1.807) is 19.3 Å². The van der Waals surface area contributed by atoms with Crippen LogP contribution in [-0.2, 0) is 11.2 Å². The predicted molar refractivity (Wildman–Crippen MR) is 79.5 cm³/mol. The molecule has 1 aliphatic rings. The van der Waals surface area contributed by atoms with Crippen molar-refractivity contribution in [1.82, 2.24) is 15.0 Å². The van der Waals surface area contributed by atoms with Gasteiger partial charge in [0.15, 0.2) is 0 Å². The van der Waals surface area contributed by atoms with Gasteiger partial charge in [-0.1, -0.05) is 12.1 Å². The Labute approximate surface area is 129 Å². The quantitative estimate of drug-likeness (QED) is 0.869. The van der Waals surface area contributed by atoms with E-state index in [-0.39, 0.29) is 12.0 Å². The van der Waals surface area contributed by atoms with Crippen molar-refractivity contribution in [3.05, 3.63) is 47.1 Å². The summed E-state index contributed by atoms with van der Waals surface area (Å²) in [5, 5.41) is 3.97. The lowest BCUT2D eigenvalue weighted by atomic mass is 10.1. The van der Waals surface area contributed by atoms with E-state index in [4.69, 9.17) is 9.26 Å². The summed E-state index contributed by atoms with van der Waals surface area (Å²) in [4.78, 5) is 18.6. The van der Waals surface area contributed by atoms with Crippen molar-refractivity contribution < 1.29 is 14.1 Å². The molecule has 0 saturated carbocycles. The molecule has 1 atom stereocenters. The Kier molecular flexibility index (Phi) is 4.20. The number of pyridine rings is 1. The molecule has 116 valence electrons. The van der Waals surface area contributed by atoms with Crippen LogP contribution in [0, 0.1) is 6.92 Å². The maximum absolute atomic E-state index is 12.8. The third-order valence-electron chi connectivity index (χ3n) is 3.91. The number of aromatic nitrogens is 2. The van der Waals surface area contributed by atoms with Crippen molar-refractivity contribution in [3.63, 3.8) is 0 Å². The van der Waals surface area contributed by atoms with Crippen molar-refractivity contribution in [3.8, 4) is 0 Å². The van der Waals surface area contributed by atoms with Gasteiger partial charge in [0.25, 0.3) is 5.91 Å². The highest BCUT2D eigenvalue weighted by Crippen LogP contribution is 2.24. The number of carbonyl (C=O) groups is 1. The molecule has 1 fully saturated rings. The third-order valence-corrected chi connectivity index (χ3v) is 3.91. The van der Waals surface area contributed by atoms with E-state index in [0.29, 0.717) is 37.4 Å². The van der Waals surface area contributed by atoms with E-state index >= 15 is 0 Å². The molecule has 2 aromatic rings. The molecule has 1 aliphatic heterocycles. The summed E-state index contributed by atoms with van der Waals surface area (Å²) in [5.74, 6) is 0.548. The van der Waals surface area contributed by atoms with Crippen LogP contribution in [0.1, 0.15) is 40.4 Å². The number of rotatable bonds is 3. The average Bonchev–Trinajstić information content (AvgIpc) is 2.96. The Morgan fingerprint density at radius 2 is 2.18 bits per heavy atom. The minimum atomic E-state index is -0.119. The fourth-order valence-electron chi connectivity index (χ4n) is 2.71. The third kappa shape index (κ3) is 2.74. The summed E-state index contributed by atoms with van der Waals surface area (Å²) >= 11 is 0. The minimum absolute atomic E-state index is 0.0297. The molecule has 1 unspecified atom stereocenters. The zero-order chi connectivity index (χ0) is 15.5. The van der Waals surface area contributed by atoms with E-state index in [2.05, 4.69) is 10.1 Å². The second kappa shape index (κ2) is 6.27. The van der Waals surface area contributed by atoms with Crippen LogP contribution in [0.4, 0.5) is 0 Å². The lowest BCUT2D eigenvalue weighted by Gasteiger charge is -2.33. The number of hydrogen-bond acceptors (Lipinski definition) is 5. The first-order valence-corrected chi connectivity index (χ1v) is 7.46. The van der Waals surface area contributed by atoms with Crippen molar-refractivity contribution in [2.24, 2.45) is 0 Å². The van der Waals surface area contributed by atoms with Crippen LogP contribution in [0.15, 0.2) is 29.0 Å². The highest BCUT2D eigenvalue weighted by Gasteiger charge is 2.29. The molecule has 1 saturated heterocycles. The summed E-state index contributed by atoms with van der Waals surface area (Å²) in [7, 11) is 0. The first-order valence-electron chi connectivity index (χ1n) is 7.46. The fourth-order valence-corrected chi connectivity index (χ4v) is 2.71. The van der Waals surface area contributed by atoms with E-state index in [0.717, 1.165) is 11.3 Å². The zero-order valence-corrected chi connectivity index (χ0v) is 12.8. The predicted octanol–water partition coefficient (Wildman–Crippen LogP) is 2.15. The van der Waals surface area contributed by atoms with Gasteiger partial charge in [-0.2, -0.15) is 0 Å². The normalized spacial score (nSPS) is 18.5. The maximum Gasteiger partial charge on any atom is 0.259 e. The van der Waals surface area contributed by atoms with Gasteiger partial charge in [0.2, 0.25) is 0 Å². The standard InChI is InChI=1S/C16H19N3O3/c1-3-13-15(11(2)22-18-13)16(20)19-8-9-21-14(10-19)12-4-6-17-7-5-12/h4-7,14H,3,8-10H2,1-2H3. The highest BCUT2D eigenvalue weighted by molar-refractivity contribution is 5.96. The monoisotopic (exact) mass is 301 g/mol. The van der Waals surface area contributed by atoms with Gasteiger partial charge in [0, 0.05) is 18.9 Å². The topological polar surface area (TPSA) is 68.5 Å². The van der Waals surface area contributed by atoms with Crippen LogP contribution >= 0.6 is 0 Å². The molecule has 6 nitrogen and oxygen atoms in total. The van der Waals surface area contributed by atoms with Crippen LogP contribution in [0.5, 0.6) is 0 Å². The molecule has 0 aromatic carbocycles. The number of nitrogens with zero attached hydrogens (tertiary/aromatic N) is 3. The lowest BCUT2D eigenvalue weighted by Crippen LogP contribution is -2.42. The van der Waals surface area contributed by atoms with Gasteiger partial charge < -0.3 is 14.2 Å². The van der Waals surface area contributed by atoms with E-state index in [9.17, 15) is 4.79 Å². The summed E-state index contributed by atoms with van der Waals surface area (Å²) < 4.78 is 11.0. The highest BCUT2D eigenvalue weighted by atomic mass is 16.5. The van der Waals surface area contributed by atoms with Crippen LogP contribution in [0.2, 0.25) is 0 Å². The number of morpholine rings is 1. The van der Waals surface area contributed by atoms with Gasteiger partial charge >= 0.3 is 0 Å². The first-order chi connectivity index (χ1) is 10.7. The largest absolute Gasteiger partial charge is 0.370 e. The van der Waals surface area contributed by atoms with E-state index < -0.39 is 0 Å². The van der Waals surface area contributed by atoms with Gasteiger partial charge in [-0.3, -0.25) is 9.78 Å². The Morgan fingerprint density at radius 3 is 2.91 bits per heavy atom.